The number of methoxy groups -OCH3 is 1. The van der Waals surface area contributed by atoms with Gasteiger partial charge in [-0.2, -0.15) is 0 Å². The summed E-state index contributed by atoms with van der Waals surface area (Å²) in [6.07, 6.45) is 14.4. The van der Waals surface area contributed by atoms with Gasteiger partial charge < -0.3 is 29.2 Å². The minimum atomic E-state index is -1.06. The lowest BCUT2D eigenvalue weighted by Gasteiger charge is -2.53. The molecule has 2 saturated heterocycles. The molecule has 2 aliphatic heterocycles. The normalized spacial score (nSPS) is 29.6. The van der Waals surface area contributed by atoms with E-state index in [0.717, 1.165) is 24.8 Å². The SMILES string of the molecule is CCCC[C@@]1(OC(=O)CCC(=O)O)CC[C@]2(CC[C@H](C)[C@@H](C/C=C(C)/C=C/C(C)O)O2)O[C@H]1/C=C/C(C)=C/C(=O)OC. The fourth-order valence-corrected chi connectivity index (χ4v) is 5.38. The van der Waals surface area contributed by atoms with Gasteiger partial charge in [-0.1, -0.05) is 56.2 Å². The monoisotopic (exact) mass is 590 g/mol. The number of rotatable bonds is 14. The zero-order chi connectivity index (χ0) is 31.3. The summed E-state index contributed by atoms with van der Waals surface area (Å²) < 4.78 is 24.4. The molecule has 0 amide bonds. The Hall–Kier alpha value is -2.75. The molecule has 42 heavy (non-hydrogen) atoms. The number of hydrogen-bond acceptors (Lipinski definition) is 8. The van der Waals surface area contributed by atoms with Crippen molar-refractivity contribution in [2.45, 2.75) is 129 Å². The molecule has 2 N–H and O–H groups in total. The van der Waals surface area contributed by atoms with Crippen LogP contribution >= 0.6 is 0 Å². The number of esters is 2. The van der Waals surface area contributed by atoms with Gasteiger partial charge in [0.15, 0.2) is 5.79 Å². The molecule has 236 valence electrons. The topological polar surface area (TPSA) is 129 Å². The quantitative estimate of drug-likeness (QED) is 0.143. The van der Waals surface area contributed by atoms with Crippen LogP contribution in [0.15, 0.2) is 47.6 Å². The molecule has 2 aliphatic rings. The molecule has 2 heterocycles. The van der Waals surface area contributed by atoms with Crippen molar-refractivity contribution in [1.29, 1.82) is 0 Å². The summed E-state index contributed by atoms with van der Waals surface area (Å²) in [6.45, 7) is 9.70. The van der Waals surface area contributed by atoms with Crippen molar-refractivity contribution in [1.82, 2.24) is 0 Å². The Kier molecular flexibility index (Phi) is 14.2. The third kappa shape index (κ3) is 11.2. The molecule has 2 fully saturated rings. The predicted molar refractivity (Wildman–Crippen MR) is 159 cm³/mol. The number of carboxylic acid groups (broad SMARTS) is 1. The van der Waals surface area contributed by atoms with E-state index in [1.165, 1.54) is 13.2 Å². The zero-order valence-corrected chi connectivity index (χ0v) is 26.1. The summed E-state index contributed by atoms with van der Waals surface area (Å²) >= 11 is 0. The molecule has 0 aromatic heterocycles. The van der Waals surface area contributed by atoms with Gasteiger partial charge in [-0.15, -0.1) is 0 Å². The van der Waals surface area contributed by atoms with E-state index in [0.29, 0.717) is 43.6 Å². The van der Waals surface area contributed by atoms with Crippen LogP contribution in [0.3, 0.4) is 0 Å². The molecular weight excluding hydrogens is 540 g/mol. The lowest BCUT2D eigenvalue weighted by molar-refractivity contribution is -0.344. The maximum absolute atomic E-state index is 12.9. The molecule has 0 bridgehead atoms. The average molecular weight is 591 g/mol. The summed E-state index contributed by atoms with van der Waals surface area (Å²) in [4.78, 5) is 35.7. The van der Waals surface area contributed by atoms with Gasteiger partial charge in [0.1, 0.15) is 11.7 Å². The molecular formula is C33H50O9. The molecule has 0 radical (unpaired) electrons. The lowest BCUT2D eigenvalue weighted by atomic mass is 9.78. The number of ether oxygens (including phenoxy) is 4. The number of carbonyl (C=O) groups excluding carboxylic acids is 2. The van der Waals surface area contributed by atoms with E-state index in [1.807, 2.05) is 19.1 Å². The van der Waals surface area contributed by atoms with Crippen LogP contribution in [0.2, 0.25) is 0 Å². The predicted octanol–water partition coefficient (Wildman–Crippen LogP) is 5.96. The van der Waals surface area contributed by atoms with E-state index in [2.05, 4.69) is 19.9 Å². The Balaban J connectivity index is 2.39. The fraction of sp³-hybridized carbons (Fsp3) is 0.667. The number of aliphatic carboxylic acids is 1. The number of aliphatic hydroxyl groups excluding tert-OH is 1. The third-order valence-corrected chi connectivity index (χ3v) is 7.97. The number of aliphatic hydroxyl groups is 1. The van der Waals surface area contributed by atoms with Gasteiger partial charge in [-0.05, 0) is 64.4 Å². The first-order valence-corrected chi connectivity index (χ1v) is 15.1. The Morgan fingerprint density at radius 1 is 1.07 bits per heavy atom. The molecule has 1 unspecified atom stereocenters. The molecule has 0 saturated carbocycles. The van der Waals surface area contributed by atoms with Crippen LogP contribution < -0.4 is 0 Å². The van der Waals surface area contributed by atoms with Crippen LogP contribution in [0.5, 0.6) is 0 Å². The Labute approximate surface area is 250 Å². The zero-order valence-electron chi connectivity index (χ0n) is 26.1. The van der Waals surface area contributed by atoms with Gasteiger partial charge >= 0.3 is 17.9 Å². The third-order valence-electron chi connectivity index (χ3n) is 7.97. The minimum Gasteiger partial charge on any atom is -0.481 e. The molecule has 0 aromatic rings. The Bertz CT molecular complexity index is 1040. The number of allylic oxidation sites excluding steroid dienone is 4. The largest absolute Gasteiger partial charge is 0.481 e. The van der Waals surface area contributed by atoms with E-state index in [9.17, 15) is 19.5 Å². The number of hydrogen-bond donors (Lipinski definition) is 2. The van der Waals surface area contributed by atoms with Gasteiger partial charge in [0.2, 0.25) is 0 Å². The van der Waals surface area contributed by atoms with Crippen molar-refractivity contribution >= 4 is 17.9 Å². The number of carboxylic acids is 1. The van der Waals surface area contributed by atoms with Gasteiger partial charge in [-0.25, -0.2) is 4.79 Å². The summed E-state index contributed by atoms with van der Waals surface area (Å²) in [6, 6.07) is 0. The van der Waals surface area contributed by atoms with Crippen LogP contribution in [-0.4, -0.2) is 64.9 Å². The van der Waals surface area contributed by atoms with E-state index in [4.69, 9.17) is 24.1 Å². The van der Waals surface area contributed by atoms with Crippen molar-refractivity contribution in [3.63, 3.8) is 0 Å². The summed E-state index contributed by atoms with van der Waals surface area (Å²) in [5.41, 5.74) is 0.688. The first kappa shape index (κ1) is 35.4. The molecule has 0 aromatic carbocycles. The Morgan fingerprint density at radius 2 is 1.81 bits per heavy atom. The highest BCUT2D eigenvalue weighted by Gasteiger charge is 2.54. The molecule has 0 aliphatic carbocycles. The van der Waals surface area contributed by atoms with E-state index >= 15 is 0 Å². The second-order valence-electron chi connectivity index (χ2n) is 11.7. The van der Waals surface area contributed by atoms with Crippen LogP contribution in [0, 0.1) is 5.92 Å². The fourth-order valence-electron chi connectivity index (χ4n) is 5.38. The average Bonchev–Trinajstić information content (AvgIpc) is 2.94. The van der Waals surface area contributed by atoms with Crippen molar-refractivity contribution < 1.29 is 43.5 Å². The molecule has 1 spiro atoms. The summed E-state index contributed by atoms with van der Waals surface area (Å²) in [5.74, 6) is -2.67. The van der Waals surface area contributed by atoms with Crippen LogP contribution in [0.25, 0.3) is 0 Å². The minimum absolute atomic E-state index is 0.0829. The van der Waals surface area contributed by atoms with Crippen molar-refractivity contribution in [2.24, 2.45) is 5.92 Å². The van der Waals surface area contributed by atoms with E-state index < -0.39 is 41.5 Å². The van der Waals surface area contributed by atoms with Gasteiger partial charge in [0.05, 0.1) is 32.2 Å². The number of carbonyl (C=O) groups is 3. The van der Waals surface area contributed by atoms with Crippen LogP contribution in [0.4, 0.5) is 0 Å². The lowest BCUT2D eigenvalue weighted by Crippen LogP contribution is -2.59. The standard InChI is InChI=1S/C33H50O9/c1-7-8-18-32(42-30(37)16-15-29(35)36)20-21-33(41-28(32)14-11-24(3)22-31(38)39-6)19-17-25(4)27(40-33)13-10-23(2)9-12-26(5)34/h9-12,14,22,25-28,34H,7-8,13,15-21H2,1-6H3,(H,35,36)/b12-9+,14-11+,23-10+,24-22+/t25-,26?,27+,28-,32+,33-/m0/s1. The highest BCUT2D eigenvalue weighted by atomic mass is 16.7. The molecule has 9 heteroatoms. The molecule has 6 atom stereocenters. The van der Waals surface area contributed by atoms with Gasteiger partial charge in [0.25, 0.3) is 0 Å². The highest BCUT2D eigenvalue weighted by Crippen LogP contribution is 2.48. The van der Waals surface area contributed by atoms with Crippen molar-refractivity contribution in [2.75, 3.05) is 7.11 Å². The van der Waals surface area contributed by atoms with E-state index in [-0.39, 0.29) is 18.9 Å². The second-order valence-corrected chi connectivity index (χ2v) is 11.7. The summed E-state index contributed by atoms with van der Waals surface area (Å²) in [5, 5.41) is 18.6. The highest BCUT2D eigenvalue weighted by molar-refractivity contribution is 5.83. The van der Waals surface area contributed by atoms with Crippen LogP contribution in [-0.2, 0) is 33.3 Å². The maximum atomic E-state index is 12.9. The molecule has 9 nitrogen and oxygen atoms in total. The van der Waals surface area contributed by atoms with Crippen LogP contribution in [0.1, 0.15) is 98.8 Å². The van der Waals surface area contributed by atoms with E-state index in [1.54, 1.807) is 26.0 Å². The van der Waals surface area contributed by atoms with Gasteiger partial charge in [-0.3, -0.25) is 9.59 Å². The molecule has 2 rings (SSSR count). The second kappa shape index (κ2) is 16.8. The van der Waals surface area contributed by atoms with Gasteiger partial charge in [0, 0.05) is 18.9 Å². The smallest absolute Gasteiger partial charge is 0.330 e. The van der Waals surface area contributed by atoms with Crippen molar-refractivity contribution in [3.8, 4) is 0 Å². The van der Waals surface area contributed by atoms with Crippen molar-refractivity contribution in [3.05, 3.63) is 47.6 Å². The first-order chi connectivity index (χ1) is 19.8. The maximum Gasteiger partial charge on any atom is 0.330 e. The first-order valence-electron chi connectivity index (χ1n) is 15.1. The Morgan fingerprint density at radius 3 is 2.45 bits per heavy atom. The summed E-state index contributed by atoms with van der Waals surface area (Å²) in [7, 11) is 1.31. The number of unbranched alkanes of at least 4 members (excludes halogenated alkanes) is 1.